The third kappa shape index (κ3) is 6.52. The Morgan fingerprint density at radius 1 is 1.27 bits per heavy atom. The molecule has 0 aliphatic heterocycles. The number of aliphatic hydroxyl groups is 1. The fraction of sp³-hybridized carbons (Fsp3) is 0.815. The second-order valence-electron chi connectivity index (χ2n) is 10.2. The Morgan fingerprint density at radius 2 is 1.90 bits per heavy atom. The molecule has 0 aromatic carbocycles. The van der Waals surface area contributed by atoms with Crippen LogP contribution in [-0.4, -0.2) is 23.7 Å². The quantitative estimate of drug-likeness (QED) is 0.309. The molecular weight excluding hydrogens is 375 g/mol. The summed E-state index contributed by atoms with van der Waals surface area (Å²) in [6.07, 6.45) is 13.3. The third-order valence-electron chi connectivity index (χ3n) is 7.80. The molecule has 0 saturated heterocycles. The molecule has 0 heterocycles. The largest absolute Gasteiger partial charge is 0.393 e. The predicted molar refractivity (Wildman–Crippen MR) is 126 cm³/mol. The first kappa shape index (κ1) is 27.1. The molecule has 0 amide bonds. The number of alkyl halides is 1. The van der Waals surface area contributed by atoms with Gasteiger partial charge < -0.3 is 9.90 Å². The van der Waals surface area contributed by atoms with E-state index in [1.165, 1.54) is 12.8 Å². The summed E-state index contributed by atoms with van der Waals surface area (Å²) in [5.41, 5.74) is 0.525. The highest BCUT2D eigenvalue weighted by molar-refractivity contribution is 5.56. The number of allylic oxidation sites excluding steroid dienone is 4. The van der Waals surface area contributed by atoms with Gasteiger partial charge in [-0.25, -0.2) is 4.39 Å². The van der Waals surface area contributed by atoms with Gasteiger partial charge in [-0.3, -0.25) is 0 Å². The van der Waals surface area contributed by atoms with Crippen LogP contribution in [0.1, 0.15) is 99.8 Å². The van der Waals surface area contributed by atoms with Gasteiger partial charge in [0, 0.05) is 11.3 Å². The van der Waals surface area contributed by atoms with Gasteiger partial charge in [-0.15, -0.1) is 0 Å². The molecule has 0 spiro atoms. The number of hydrogen-bond acceptors (Lipinski definition) is 2. The number of carbonyl (C=O) groups is 1. The Morgan fingerprint density at radius 3 is 2.40 bits per heavy atom. The van der Waals surface area contributed by atoms with Gasteiger partial charge in [-0.1, -0.05) is 72.6 Å². The van der Waals surface area contributed by atoms with Gasteiger partial charge in [0.15, 0.2) is 0 Å². The van der Waals surface area contributed by atoms with Crippen LogP contribution in [-0.2, 0) is 4.79 Å². The van der Waals surface area contributed by atoms with Gasteiger partial charge in [0.05, 0.1) is 6.10 Å². The van der Waals surface area contributed by atoms with Gasteiger partial charge in [0.25, 0.3) is 0 Å². The Kier molecular flexibility index (Phi) is 11.0. The maximum atomic E-state index is 15.2. The molecule has 1 fully saturated rings. The van der Waals surface area contributed by atoms with Crippen molar-refractivity contribution in [2.75, 3.05) is 0 Å². The maximum Gasteiger partial charge on any atom is 0.123 e. The number of aliphatic hydroxyl groups excluding tert-OH is 1. The minimum Gasteiger partial charge on any atom is -0.393 e. The van der Waals surface area contributed by atoms with Crippen LogP contribution in [0.25, 0.3) is 0 Å². The van der Waals surface area contributed by atoms with Crippen molar-refractivity contribution in [2.24, 2.45) is 28.6 Å². The first-order valence-electron chi connectivity index (χ1n) is 12.2. The zero-order valence-electron chi connectivity index (χ0n) is 20.6. The standard InChI is InChI=1S/C23H37FO2.C4H10/c1-6-22(4)12-8-7-9-19(22)21(24)11-10-18-13-16(2)20(15-25)23(18,5)14-17(3)26;1-3-4-2/h8-9,12,15-18,20-21,26H,6-7,10-11,13-14H2,1-5H3;3-4H2,1-2H3/t16-,17?,18?,20?,21+,22?,23?;/m1./s1. The van der Waals surface area contributed by atoms with E-state index in [4.69, 9.17) is 0 Å². The van der Waals surface area contributed by atoms with Crippen LogP contribution in [0.4, 0.5) is 4.39 Å². The topological polar surface area (TPSA) is 37.3 Å². The summed E-state index contributed by atoms with van der Waals surface area (Å²) in [5.74, 6) is 0.545. The van der Waals surface area contributed by atoms with Crippen LogP contribution < -0.4 is 0 Å². The van der Waals surface area contributed by atoms with Crippen molar-refractivity contribution in [1.82, 2.24) is 0 Å². The predicted octanol–water partition coefficient (Wildman–Crippen LogP) is 7.46. The van der Waals surface area contributed by atoms with Gasteiger partial charge in [-0.05, 0) is 68.3 Å². The molecule has 2 aliphatic rings. The molecular formula is C27H47FO2. The van der Waals surface area contributed by atoms with Crippen LogP contribution in [0.5, 0.6) is 0 Å². The van der Waals surface area contributed by atoms with Gasteiger partial charge in [-0.2, -0.15) is 0 Å². The van der Waals surface area contributed by atoms with E-state index in [2.05, 4.69) is 59.8 Å². The molecule has 174 valence electrons. The van der Waals surface area contributed by atoms with Crippen molar-refractivity contribution in [3.8, 4) is 0 Å². The summed E-state index contributed by atoms with van der Waals surface area (Å²) in [6.45, 7) is 14.6. The first-order valence-corrected chi connectivity index (χ1v) is 12.2. The Hall–Kier alpha value is -0.960. The van der Waals surface area contributed by atoms with E-state index < -0.39 is 12.3 Å². The molecule has 2 aliphatic carbocycles. The van der Waals surface area contributed by atoms with E-state index in [9.17, 15) is 9.90 Å². The summed E-state index contributed by atoms with van der Waals surface area (Å²) >= 11 is 0. The maximum absolute atomic E-state index is 15.2. The van der Waals surface area contributed by atoms with Crippen LogP contribution in [0.15, 0.2) is 23.8 Å². The van der Waals surface area contributed by atoms with Crippen molar-refractivity contribution in [2.45, 2.75) is 112 Å². The Balaban J connectivity index is 0.00000103. The molecule has 1 saturated carbocycles. The van der Waals surface area contributed by atoms with Crippen molar-refractivity contribution < 1.29 is 14.3 Å². The molecule has 7 atom stereocenters. The number of carbonyl (C=O) groups excluding carboxylic acids is 1. The lowest BCUT2D eigenvalue weighted by molar-refractivity contribution is -0.116. The smallest absolute Gasteiger partial charge is 0.123 e. The highest BCUT2D eigenvalue weighted by Gasteiger charge is 2.50. The molecule has 0 radical (unpaired) electrons. The first-order chi connectivity index (χ1) is 14.1. The van der Waals surface area contributed by atoms with Crippen molar-refractivity contribution in [3.05, 3.63) is 23.8 Å². The average Bonchev–Trinajstić information content (AvgIpc) is 2.94. The average molecular weight is 423 g/mol. The monoisotopic (exact) mass is 422 g/mol. The lowest BCUT2D eigenvalue weighted by Gasteiger charge is -2.37. The van der Waals surface area contributed by atoms with Gasteiger partial charge in [0.2, 0.25) is 0 Å². The minimum atomic E-state index is -0.925. The van der Waals surface area contributed by atoms with E-state index in [0.717, 1.165) is 37.5 Å². The number of halogens is 1. The van der Waals surface area contributed by atoms with Gasteiger partial charge in [0.1, 0.15) is 12.5 Å². The van der Waals surface area contributed by atoms with Crippen molar-refractivity contribution >= 4 is 6.29 Å². The second kappa shape index (κ2) is 12.2. The summed E-state index contributed by atoms with van der Waals surface area (Å²) in [5, 5.41) is 9.97. The normalized spacial score (nSPS) is 35.2. The van der Waals surface area contributed by atoms with Crippen molar-refractivity contribution in [1.29, 1.82) is 0 Å². The van der Waals surface area contributed by atoms with E-state index >= 15 is 4.39 Å². The van der Waals surface area contributed by atoms with E-state index in [-0.39, 0.29) is 22.7 Å². The minimum absolute atomic E-state index is 0.0436. The molecule has 2 rings (SSSR count). The zero-order chi connectivity index (χ0) is 22.9. The summed E-state index contributed by atoms with van der Waals surface area (Å²) in [4.78, 5) is 11.7. The van der Waals surface area contributed by atoms with Crippen LogP contribution in [0, 0.1) is 28.6 Å². The van der Waals surface area contributed by atoms with E-state index in [0.29, 0.717) is 18.8 Å². The molecule has 0 bridgehead atoms. The summed E-state index contributed by atoms with van der Waals surface area (Å²) in [6, 6.07) is 0. The highest BCUT2D eigenvalue weighted by Crippen LogP contribution is 2.55. The van der Waals surface area contributed by atoms with Crippen LogP contribution in [0.2, 0.25) is 0 Å². The number of unbranched alkanes of at least 4 members (excludes halogenated alkanes) is 1. The Labute approximate surface area is 185 Å². The Bertz CT molecular complexity index is 579. The highest BCUT2D eigenvalue weighted by atomic mass is 19.1. The van der Waals surface area contributed by atoms with Crippen LogP contribution in [0.3, 0.4) is 0 Å². The van der Waals surface area contributed by atoms with E-state index in [1.807, 2.05) is 0 Å². The fourth-order valence-corrected chi connectivity index (χ4v) is 5.63. The molecule has 2 nitrogen and oxygen atoms in total. The lowest BCUT2D eigenvalue weighted by atomic mass is 9.67. The molecule has 1 N–H and O–H groups in total. The molecule has 3 heteroatoms. The molecule has 5 unspecified atom stereocenters. The zero-order valence-corrected chi connectivity index (χ0v) is 20.6. The summed E-state index contributed by atoms with van der Waals surface area (Å²) < 4.78 is 15.2. The summed E-state index contributed by atoms with van der Waals surface area (Å²) in [7, 11) is 0. The van der Waals surface area contributed by atoms with Crippen molar-refractivity contribution in [3.63, 3.8) is 0 Å². The second-order valence-corrected chi connectivity index (χ2v) is 10.2. The van der Waals surface area contributed by atoms with Gasteiger partial charge >= 0.3 is 0 Å². The lowest BCUT2D eigenvalue weighted by Crippen LogP contribution is -2.35. The molecule has 30 heavy (non-hydrogen) atoms. The number of hydrogen-bond donors (Lipinski definition) is 1. The van der Waals surface area contributed by atoms with Crippen LogP contribution >= 0.6 is 0 Å². The molecule has 0 aromatic heterocycles. The number of rotatable bonds is 9. The third-order valence-corrected chi connectivity index (χ3v) is 7.80. The SMILES string of the molecule is CCC1(C)C=CCC=C1[C@@H](F)CCC1C[C@@H](C)C(C=O)C1(C)CC(C)O.CCCC. The number of aldehydes is 1. The fourth-order valence-electron chi connectivity index (χ4n) is 5.63. The molecule has 0 aromatic rings. The van der Waals surface area contributed by atoms with E-state index in [1.54, 1.807) is 6.92 Å².